The molecular formula is C9H7N5O4. The molecule has 18 heavy (non-hydrogen) atoms. The highest BCUT2D eigenvalue weighted by molar-refractivity contribution is 5.92. The van der Waals surface area contributed by atoms with Crippen molar-refractivity contribution in [3.8, 4) is 11.4 Å². The minimum atomic E-state index is -1.20. The van der Waals surface area contributed by atoms with Crippen molar-refractivity contribution in [2.45, 2.75) is 0 Å². The zero-order valence-corrected chi connectivity index (χ0v) is 9.14. The predicted molar refractivity (Wildman–Crippen MR) is 57.8 cm³/mol. The minimum Gasteiger partial charge on any atom is -0.476 e. The Morgan fingerprint density at radius 1 is 1.50 bits per heavy atom. The summed E-state index contributed by atoms with van der Waals surface area (Å²) < 4.78 is 1.10. The third-order valence-corrected chi connectivity index (χ3v) is 2.23. The van der Waals surface area contributed by atoms with Crippen LogP contribution in [0.2, 0.25) is 0 Å². The Morgan fingerprint density at radius 2 is 2.22 bits per heavy atom. The van der Waals surface area contributed by atoms with Crippen LogP contribution in [0.1, 0.15) is 10.5 Å². The molecule has 0 aliphatic rings. The lowest BCUT2D eigenvalue weighted by atomic mass is 10.2. The predicted octanol–water partition coefficient (Wildman–Crippen LogP) is 0.483. The van der Waals surface area contributed by atoms with Crippen LogP contribution in [0.5, 0.6) is 0 Å². The van der Waals surface area contributed by atoms with E-state index in [9.17, 15) is 14.9 Å². The molecule has 0 aliphatic heterocycles. The van der Waals surface area contributed by atoms with Crippen molar-refractivity contribution >= 4 is 11.7 Å². The Morgan fingerprint density at radius 3 is 2.72 bits per heavy atom. The van der Waals surface area contributed by atoms with E-state index in [0.717, 1.165) is 10.9 Å². The monoisotopic (exact) mass is 249 g/mol. The van der Waals surface area contributed by atoms with Gasteiger partial charge in [0.15, 0.2) is 5.69 Å². The fourth-order valence-electron chi connectivity index (χ4n) is 1.40. The summed E-state index contributed by atoms with van der Waals surface area (Å²) in [6.07, 6.45) is 1.04. The van der Waals surface area contributed by atoms with Gasteiger partial charge in [0.05, 0.1) is 10.6 Å². The lowest BCUT2D eigenvalue weighted by Gasteiger charge is -1.98. The normalized spacial score (nSPS) is 10.3. The number of carboxylic acids is 1. The average molecular weight is 249 g/mol. The fraction of sp³-hybridized carbons (Fsp3) is 0.111. The van der Waals surface area contributed by atoms with Gasteiger partial charge in [0.2, 0.25) is 0 Å². The highest BCUT2D eigenvalue weighted by Crippen LogP contribution is 2.20. The van der Waals surface area contributed by atoms with Crippen molar-refractivity contribution in [3.05, 3.63) is 34.1 Å². The number of hydrogen-bond donors (Lipinski definition) is 1. The Kier molecular flexibility index (Phi) is 2.72. The first-order chi connectivity index (χ1) is 8.50. The molecular weight excluding hydrogens is 242 g/mol. The lowest BCUT2D eigenvalue weighted by Crippen LogP contribution is -2.07. The van der Waals surface area contributed by atoms with Crippen LogP contribution in [0, 0.1) is 10.1 Å². The van der Waals surface area contributed by atoms with Crippen LogP contribution in [0.4, 0.5) is 5.69 Å². The van der Waals surface area contributed by atoms with E-state index < -0.39 is 10.9 Å². The van der Waals surface area contributed by atoms with Crippen LogP contribution in [0.3, 0.4) is 0 Å². The first-order valence-corrected chi connectivity index (χ1v) is 4.74. The molecule has 2 heterocycles. The van der Waals surface area contributed by atoms with Crippen molar-refractivity contribution in [1.82, 2.24) is 20.0 Å². The van der Waals surface area contributed by atoms with Crippen LogP contribution >= 0.6 is 0 Å². The second-order valence-corrected chi connectivity index (χ2v) is 3.37. The summed E-state index contributed by atoms with van der Waals surface area (Å²) in [4.78, 5) is 24.7. The van der Waals surface area contributed by atoms with Crippen molar-refractivity contribution in [2.75, 3.05) is 0 Å². The zero-order valence-electron chi connectivity index (χ0n) is 9.14. The molecule has 0 aromatic carbocycles. The van der Waals surface area contributed by atoms with Gasteiger partial charge in [-0.25, -0.2) is 14.5 Å². The Balaban J connectivity index is 2.49. The van der Waals surface area contributed by atoms with Crippen molar-refractivity contribution in [1.29, 1.82) is 0 Å². The quantitative estimate of drug-likeness (QED) is 0.619. The van der Waals surface area contributed by atoms with Gasteiger partial charge in [-0.15, -0.1) is 5.10 Å². The molecule has 0 saturated carbocycles. The number of aromatic carboxylic acids is 1. The molecule has 92 valence electrons. The van der Waals surface area contributed by atoms with Crippen LogP contribution in [-0.2, 0) is 7.05 Å². The van der Waals surface area contributed by atoms with Gasteiger partial charge in [0.1, 0.15) is 11.9 Å². The van der Waals surface area contributed by atoms with Crippen LogP contribution in [-0.4, -0.2) is 36.0 Å². The molecule has 0 saturated heterocycles. The maximum atomic E-state index is 11.0. The van der Waals surface area contributed by atoms with Gasteiger partial charge in [0, 0.05) is 13.1 Å². The molecule has 0 aliphatic carbocycles. The van der Waals surface area contributed by atoms with E-state index in [1.165, 1.54) is 19.2 Å². The molecule has 1 N–H and O–H groups in total. The molecule has 0 radical (unpaired) electrons. The summed E-state index contributed by atoms with van der Waals surface area (Å²) in [6, 6.07) is 2.55. The number of carboxylic acid groups (broad SMARTS) is 1. The maximum absolute atomic E-state index is 11.0. The zero-order chi connectivity index (χ0) is 13.3. The molecule has 9 heteroatoms. The maximum Gasteiger partial charge on any atom is 0.356 e. The lowest BCUT2D eigenvalue weighted by molar-refractivity contribution is -0.385. The van der Waals surface area contributed by atoms with Gasteiger partial charge in [-0.1, -0.05) is 5.21 Å². The standard InChI is InChI=1S/C9H7N5O4/c1-13-8(9(15)16)7(11-12-13)6-3-2-5(4-10-6)14(17)18/h2-4H,1H3,(H,15,16). The SMILES string of the molecule is Cn1nnc(-c2ccc([N+](=O)[O-])cn2)c1C(=O)O. The van der Waals surface area contributed by atoms with E-state index in [2.05, 4.69) is 15.3 Å². The molecule has 9 nitrogen and oxygen atoms in total. The Bertz CT molecular complexity index is 618. The number of nitrogens with zero attached hydrogens (tertiary/aromatic N) is 5. The van der Waals surface area contributed by atoms with E-state index in [1.807, 2.05) is 0 Å². The molecule has 0 amide bonds. The van der Waals surface area contributed by atoms with Gasteiger partial charge in [-0.05, 0) is 6.07 Å². The second-order valence-electron chi connectivity index (χ2n) is 3.37. The Hall–Kier alpha value is -2.84. The fourth-order valence-corrected chi connectivity index (χ4v) is 1.40. The van der Waals surface area contributed by atoms with E-state index in [-0.39, 0.29) is 22.8 Å². The minimum absolute atomic E-state index is 0.0693. The largest absolute Gasteiger partial charge is 0.476 e. The van der Waals surface area contributed by atoms with Gasteiger partial charge < -0.3 is 5.11 Å². The van der Waals surface area contributed by atoms with Crippen molar-refractivity contribution in [3.63, 3.8) is 0 Å². The van der Waals surface area contributed by atoms with E-state index in [4.69, 9.17) is 5.11 Å². The molecule has 2 aromatic rings. The number of aryl methyl sites for hydroxylation is 1. The summed E-state index contributed by atoms with van der Waals surface area (Å²) >= 11 is 0. The second kappa shape index (κ2) is 4.20. The number of pyridine rings is 1. The molecule has 2 rings (SSSR count). The first kappa shape index (κ1) is 11.6. The van der Waals surface area contributed by atoms with Crippen LogP contribution in [0.25, 0.3) is 11.4 Å². The van der Waals surface area contributed by atoms with E-state index >= 15 is 0 Å². The van der Waals surface area contributed by atoms with Crippen molar-refractivity contribution in [2.24, 2.45) is 7.05 Å². The smallest absolute Gasteiger partial charge is 0.356 e. The number of aromatic nitrogens is 4. The van der Waals surface area contributed by atoms with E-state index in [1.54, 1.807) is 0 Å². The number of carbonyl (C=O) groups is 1. The molecule has 0 atom stereocenters. The van der Waals surface area contributed by atoms with E-state index in [0.29, 0.717) is 0 Å². The van der Waals surface area contributed by atoms with Crippen LogP contribution < -0.4 is 0 Å². The van der Waals surface area contributed by atoms with Gasteiger partial charge in [-0.2, -0.15) is 0 Å². The highest BCUT2D eigenvalue weighted by atomic mass is 16.6. The van der Waals surface area contributed by atoms with Gasteiger partial charge in [0.25, 0.3) is 5.69 Å². The van der Waals surface area contributed by atoms with Gasteiger partial charge in [-0.3, -0.25) is 10.1 Å². The number of hydrogen-bond acceptors (Lipinski definition) is 6. The van der Waals surface area contributed by atoms with Gasteiger partial charge >= 0.3 is 5.97 Å². The first-order valence-electron chi connectivity index (χ1n) is 4.74. The molecule has 2 aromatic heterocycles. The molecule has 0 spiro atoms. The summed E-state index contributed by atoms with van der Waals surface area (Å²) in [7, 11) is 1.44. The number of rotatable bonds is 3. The summed E-state index contributed by atoms with van der Waals surface area (Å²) in [5.74, 6) is -1.20. The summed E-state index contributed by atoms with van der Waals surface area (Å²) in [5, 5.41) is 26.7. The van der Waals surface area contributed by atoms with Crippen molar-refractivity contribution < 1.29 is 14.8 Å². The number of nitro groups is 1. The van der Waals surface area contributed by atoms with Crippen LogP contribution in [0.15, 0.2) is 18.3 Å². The molecule has 0 bridgehead atoms. The summed E-state index contributed by atoms with van der Waals surface area (Å²) in [6.45, 7) is 0. The third-order valence-electron chi connectivity index (χ3n) is 2.23. The Labute approximate surface area is 99.8 Å². The highest BCUT2D eigenvalue weighted by Gasteiger charge is 2.20. The molecule has 0 fully saturated rings. The third kappa shape index (κ3) is 1.88. The topological polar surface area (TPSA) is 124 Å². The average Bonchev–Trinajstić information content (AvgIpc) is 2.71. The molecule has 0 unspecified atom stereocenters. The summed E-state index contributed by atoms with van der Waals surface area (Å²) in [5.41, 5.74) is -0.0260.